The van der Waals surface area contributed by atoms with Crippen LogP contribution in [0.2, 0.25) is 0 Å². The van der Waals surface area contributed by atoms with Gasteiger partial charge in [0, 0.05) is 18.7 Å². The van der Waals surface area contributed by atoms with Crippen LogP contribution in [-0.2, 0) is 4.79 Å². The summed E-state index contributed by atoms with van der Waals surface area (Å²) in [6, 6.07) is 2.02. The molecule has 1 aromatic heterocycles. The average Bonchev–Trinajstić information content (AvgIpc) is 2.74. The molecule has 0 unspecified atom stereocenters. The van der Waals surface area contributed by atoms with E-state index in [1.807, 2.05) is 25.8 Å². The lowest BCUT2D eigenvalue weighted by atomic mass is 9.82. The van der Waals surface area contributed by atoms with Crippen molar-refractivity contribution in [2.45, 2.75) is 38.8 Å². The maximum Gasteiger partial charge on any atom is 0.239 e. The molecular formula is C14H24N4O2. The van der Waals surface area contributed by atoms with Crippen molar-refractivity contribution in [2.75, 3.05) is 25.5 Å². The van der Waals surface area contributed by atoms with E-state index in [1.54, 1.807) is 16.9 Å². The zero-order valence-corrected chi connectivity index (χ0v) is 12.4. The van der Waals surface area contributed by atoms with Crippen LogP contribution in [0.5, 0.6) is 0 Å². The molecule has 0 bridgehead atoms. The second kappa shape index (κ2) is 6.37. The number of aromatic nitrogens is 2. The predicted octanol–water partition coefficient (Wildman–Crippen LogP) is 1.11. The highest BCUT2D eigenvalue weighted by Crippen LogP contribution is 2.27. The number of carbonyl (C=O) groups excluding carboxylic acids is 1. The number of nitrogens with one attached hydrogen (secondary N) is 1. The number of nitrogens with zero attached hydrogens (tertiary/aromatic N) is 3. The molecule has 20 heavy (non-hydrogen) atoms. The minimum Gasteiger partial charge on any atom is -0.393 e. The summed E-state index contributed by atoms with van der Waals surface area (Å²) in [5.41, 5.74) is 0. The summed E-state index contributed by atoms with van der Waals surface area (Å²) >= 11 is 0. The Morgan fingerprint density at radius 1 is 1.60 bits per heavy atom. The number of hydrogen-bond acceptors (Lipinski definition) is 4. The van der Waals surface area contributed by atoms with Gasteiger partial charge in [0.25, 0.3) is 0 Å². The van der Waals surface area contributed by atoms with Crippen LogP contribution >= 0.6 is 0 Å². The smallest absolute Gasteiger partial charge is 0.239 e. The molecule has 1 fully saturated rings. The second-order valence-corrected chi connectivity index (χ2v) is 5.99. The predicted molar refractivity (Wildman–Crippen MR) is 77.5 cm³/mol. The van der Waals surface area contributed by atoms with Crippen LogP contribution in [-0.4, -0.2) is 51.9 Å². The largest absolute Gasteiger partial charge is 0.393 e. The summed E-state index contributed by atoms with van der Waals surface area (Å²) in [6.45, 7) is 5.26. The molecule has 0 radical (unpaired) electrons. The van der Waals surface area contributed by atoms with Gasteiger partial charge in [0.2, 0.25) is 5.91 Å². The summed E-state index contributed by atoms with van der Waals surface area (Å²) in [6.07, 6.45) is 3.26. The maximum absolute atomic E-state index is 12.0. The van der Waals surface area contributed by atoms with Crippen molar-refractivity contribution in [1.82, 2.24) is 14.7 Å². The number of aliphatic hydroxyl groups excluding tert-OH is 1. The van der Waals surface area contributed by atoms with Gasteiger partial charge in [-0.3, -0.25) is 9.69 Å². The molecule has 1 heterocycles. The van der Waals surface area contributed by atoms with E-state index in [0.29, 0.717) is 12.5 Å². The molecule has 0 saturated heterocycles. The quantitative estimate of drug-likeness (QED) is 0.819. The number of aliphatic hydroxyl groups is 1. The fraction of sp³-hybridized carbons (Fsp3) is 0.714. The molecule has 2 rings (SSSR count). The van der Waals surface area contributed by atoms with E-state index < -0.39 is 0 Å². The number of likely N-dealkylation sites (N-methyl/N-ethyl adjacent to an activating group) is 1. The van der Waals surface area contributed by atoms with Gasteiger partial charge in [0.15, 0.2) is 0 Å². The van der Waals surface area contributed by atoms with E-state index in [4.69, 9.17) is 0 Å². The first-order valence-corrected chi connectivity index (χ1v) is 7.15. The zero-order valence-electron chi connectivity index (χ0n) is 12.4. The van der Waals surface area contributed by atoms with E-state index in [1.165, 1.54) is 0 Å². The van der Waals surface area contributed by atoms with Gasteiger partial charge < -0.3 is 10.4 Å². The topological polar surface area (TPSA) is 70.4 Å². The minimum atomic E-state index is -0.136. The first kappa shape index (κ1) is 15.0. The minimum absolute atomic E-state index is 0.0326. The number of carbonyl (C=O) groups is 1. The number of rotatable bonds is 6. The Labute approximate surface area is 119 Å². The summed E-state index contributed by atoms with van der Waals surface area (Å²) in [4.78, 5) is 14.0. The molecule has 6 nitrogen and oxygen atoms in total. The van der Waals surface area contributed by atoms with Gasteiger partial charge in [-0.2, -0.15) is 5.10 Å². The van der Waals surface area contributed by atoms with E-state index in [0.717, 1.165) is 25.2 Å². The van der Waals surface area contributed by atoms with E-state index >= 15 is 0 Å². The van der Waals surface area contributed by atoms with Crippen LogP contribution < -0.4 is 5.32 Å². The first-order chi connectivity index (χ1) is 9.45. The van der Waals surface area contributed by atoms with Crippen LogP contribution in [0.15, 0.2) is 12.3 Å². The summed E-state index contributed by atoms with van der Waals surface area (Å²) in [7, 11) is 1.93. The molecule has 0 atom stereocenters. The Balaban J connectivity index is 1.78. The number of amides is 1. The van der Waals surface area contributed by atoms with Crippen LogP contribution in [0, 0.1) is 5.92 Å². The van der Waals surface area contributed by atoms with Crippen LogP contribution in [0.3, 0.4) is 0 Å². The molecule has 112 valence electrons. The fourth-order valence-electron chi connectivity index (χ4n) is 2.61. The van der Waals surface area contributed by atoms with Gasteiger partial charge in [-0.25, -0.2) is 4.68 Å². The van der Waals surface area contributed by atoms with Gasteiger partial charge in [-0.05, 0) is 39.7 Å². The van der Waals surface area contributed by atoms with Crippen molar-refractivity contribution in [3.63, 3.8) is 0 Å². The maximum atomic E-state index is 12.0. The SMILES string of the molecule is CC(C)n1nccc1NC(=O)CN(C)CC1CC(O)C1. The molecule has 1 amide bonds. The normalized spacial score (nSPS) is 22.1. The molecular weight excluding hydrogens is 256 g/mol. The summed E-state index contributed by atoms with van der Waals surface area (Å²) < 4.78 is 1.79. The lowest BCUT2D eigenvalue weighted by Crippen LogP contribution is -2.40. The van der Waals surface area contributed by atoms with Gasteiger partial charge in [-0.15, -0.1) is 0 Å². The Hall–Kier alpha value is -1.40. The van der Waals surface area contributed by atoms with E-state index in [9.17, 15) is 9.90 Å². The number of hydrogen-bond donors (Lipinski definition) is 2. The molecule has 6 heteroatoms. The third-order valence-electron chi connectivity index (χ3n) is 3.62. The standard InChI is InChI=1S/C14H24N4O2/c1-10(2)18-13(4-5-15-18)16-14(20)9-17(3)8-11-6-12(19)7-11/h4-5,10-12,19H,6-9H2,1-3H3,(H,16,20). The Morgan fingerprint density at radius 2 is 2.30 bits per heavy atom. The van der Waals surface area contributed by atoms with E-state index in [2.05, 4.69) is 10.4 Å². The van der Waals surface area contributed by atoms with Crippen molar-refractivity contribution in [1.29, 1.82) is 0 Å². The van der Waals surface area contributed by atoms with Gasteiger partial charge in [0.1, 0.15) is 5.82 Å². The van der Waals surface area contributed by atoms with Gasteiger partial charge >= 0.3 is 0 Å². The first-order valence-electron chi connectivity index (χ1n) is 7.15. The van der Waals surface area contributed by atoms with Crippen molar-refractivity contribution in [3.05, 3.63) is 12.3 Å². The Bertz CT molecular complexity index is 452. The zero-order chi connectivity index (χ0) is 14.7. The summed E-state index contributed by atoms with van der Waals surface area (Å²) in [5.74, 6) is 1.22. The fourth-order valence-corrected chi connectivity index (χ4v) is 2.61. The molecule has 1 aliphatic rings. The monoisotopic (exact) mass is 280 g/mol. The molecule has 2 N–H and O–H groups in total. The van der Waals surface area contributed by atoms with Crippen molar-refractivity contribution in [3.8, 4) is 0 Å². The van der Waals surface area contributed by atoms with Crippen LogP contribution in [0.1, 0.15) is 32.7 Å². The Morgan fingerprint density at radius 3 is 2.90 bits per heavy atom. The Kier molecular flexibility index (Phi) is 4.77. The van der Waals surface area contributed by atoms with Crippen LogP contribution in [0.4, 0.5) is 5.82 Å². The highest BCUT2D eigenvalue weighted by molar-refractivity contribution is 5.91. The highest BCUT2D eigenvalue weighted by atomic mass is 16.3. The van der Waals surface area contributed by atoms with Gasteiger partial charge in [-0.1, -0.05) is 0 Å². The van der Waals surface area contributed by atoms with Crippen molar-refractivity contribution >= 4 is 11.7 Å². The molecule has 1 aliphatic carbocycles. The molecule has 1 saturated carbocycles. The lowest BCUT2D eigenvalue weighted by Gasteiger charge is -2.34. The summed E-state index contributed by atoms with van der Waals surface area (Å²) in [5, 5.41) is 16.3. The van der Waals surface area contributed by atoms with Gasteiger partial charge in [0.05, 0.1) is 18.8 Å². The molecule has 0 spiro atoms. The van der Waals surface area contributed by atoms with Crippen molar-refractivity contribution < 1.29 is 9.90 Å². The third kappa shape index (κ3) is 3.80. The lowest BCUT2D eigenvalue weighted by molar-refractivity contribution is -0.117. The second-order valence-electron chi connectivity index (χ2n) is 5.99. The van der Waals surface area contributed by atoms with Crippen LogP contribution in [0.25, 0.3) is 0 Å². The highest BCUT2D eigenvalue weighted by Gasteiger charge is 2.28. The van der Waals surface area contributed by atoms with Crippen molar-refractivity contribution in [2.24, 2.45) is 5.92 Å². The average molecular weight is 280 g/mol. The van der Waals surface area contributed by atoms with E-state index in [-0.39, 0.29) is 18.1 Å². The molecule has 0 aliphatic heterocycles. The third-order valence-corrected chi connectivity index (χ3v) is 3.62. The molecule has 1 aromatic rings. The molecule has 0 aromatic carbocycles. The number of anilines is 1.